The number of nitrogens with one attached hydrogen (secondary N) is 1. The van der Waals surface area contributed by atoms with Crippen LogP contribution < -0.4 is 11.1 Å². The lowest BCUT2D eigenvalue weighted by Gasteiger charge is -2.28. The zero-order valence-electron chi connectivity index (χ0n) is 8.14. The van der Waals surface area contributed by atoms with E-state index in [1.54, 1.807) is 0 Å². The van der Waals surface area contributed by atoms with Crippen molar-refractivity contribution >= 4 is 11.9 Å². The van der Waals surface area contributed by atoms with E-state index in [0.717, 1.165) is 7.05 Å². The molecule has 1 unspecified atom stereocenters. The van der Waals surface area contributed by atoms with Gasteiger partial charge >= 0.3 is 12.1 Å². The molecule has 0 aliphatic rings. The number of primary amides is 1. The van der Waals surface area contributed by atoms with Crippen LogP contribution in [-0.2, 0) is 14.3 Å². The summed E-state index contributed by atoms with van der Waals surface area (Å²) in [6.45, 7) is 1.35. The first-order valence-electron chi connectivity index (χ1n) is 3.98. The Morgan fingerprint density at radius 3 is 2.07 bits per heavy atom. The summed E-state index contributed by atoms with van der Waals surface area (Å²) < 4.78 is 39.6. The van der Waals surface area contributed by atoms with Crippen molar-refractivity contribution in [2.24, 2.45) is 5.73 Å². The van der Waals surface area contributed by atoms with Crippen molar-refractivity contribution in [3.63, 3.8) is 0 Å². The summed E-state index contributed by atoms with van der Waals surface area (Å²) in [6, 6.07) is 0. The summed E-state index contributed by atoms with van der Waals surface area (Å²) in [6.07, 6.45) is -5.37. The fourth-order valence-electron chi connectivity index (χ4n) is 0.864. The van der Waals surface area contributed by atoms with Crippen LogP contribution in [0, 0.1) is 0 Å². The minimum atomic E-state index is -5.16. The minimum absolute atomic E-state index is 0.208. The van der Waals surface area contributed by atoms with E-state index in [1.165, 1.54) is 6.92 Å². The highest BCUT2D eigenvalue weighted by molar-refractivity contribution is 5.87. The van der Waals surface area contributed by atoms with Crippen molar-refractivity contribution in [2.45, 2.75) is 25.2 Å². The van der Waals surface area contributed by atoms with Crippen molar-refractivity contribution in [3.05, 3.63) is 0 Å². The van der Waals surface area contributed by atoms with Crippen LogP contribution in [0.5, 0.6) is 0 Å². The van der Waals surface area contributed by atoms with E-state index >= 15 is 0 Å². The third-order valence-electron chi connectivity index (χ3n) is 1.80. The first kappa shape index (κ1) is 13.7. The van der Waals surface area contributed by atoms with Crippen LogP contribution in [0.1, 0.15) is 13.3 Å². The average molecular weight is 228 g/mol. The molecule has 0 aliphatic carbocycles. The number of alkyl halides is 3. The third-order valence-corrected chi connectivity index (χ3v) is 1.80. The fraction of sp³-hybridized carbons (Fsp3) is 0.714. The smallest absolute Gasteiger partial charge is 0.428 e. The van der Waals surface area contributed by atoms with Gasteiger partial charge in [0.25, 0.3) is 5.91 Å². The average Bonchev–Trinajstić information content (AvgIpc) is 2.11. The van der Waals surface area contributed by atoms with Gasteiger partial charge in [-0.1, -0.05) is 6.92 Å². The Morgan fingerprint density at radius 1 is 1.40 bits per heavy atom. The van der Waals surface area contributed by atoms with Gasteiger partial charge in [-0.15, -0.1) is 0 Å². The molecule has 3 N–H and O–H groups in total. The number of carbonyl (C=O) groups excluding carboxylic acids is 2. The third kappa shape index (κ3) is 3.08. The number of hydrogen-bond donors (Lipinski definition) is 2. The van der Waals surface area contributed by atoms with E-state index in [2.05, 4.69) is 10.1 Å². The predicted octanol–water partition coefficient (Wildman–Crippen LogP) is -0.0971. The molecule has 1 amide bonds. The summed E-state index contributed by atoms with van der Waals surface area (Å²) in [5.41, 5.74) is 2.72. The van der Waals surface area contributed by atoms with Crippen LogP contribution in [-0.4, -0.2) is 30.8 Å². The molecule has 0 heterocycles. The van der Waals surface area contributed by atoms with Crippen molar-refractivity contribution in [2.75, 3.05) is 7.05 Å². The number of nitrogens with two attached hydrogens (primary N) is 1. The van der Waals surface area contributed by atoms with Gasteiger partial charge in [-0.2, -0.15) is 13.2 Å². The quantitative estimate of drug-likeness (QED) is 0.520. The molecule has 0 saturated heterocycles. The Kier molecular flexibility index (Phi) is 4.08. The highest BCUT2D eigenvalue weighted by atomic mass is 19.4. The van der Waals surface area contributed by atoms with Crippen LogP contribution in [0.4, 0.5) is 13.2 Å². The lowest BCUT2D eigenvalue weighted by molar-refractivity contribution is -0.216. The molecule has 8 heteroatoms. The number of ether oxygens (including phenoxy) is 1. The number of halogens is 3. The molecule has 0 fully saturated rings. The van der Waals surface area contributed by atoms with Crippen molar-refractivity contribution < 1.29 is 27.5 Å². The molecule has 0 spiro atoms. The first-order chi connectivity index (χ1) is 6.69. The first-order valence-corrected chi connectivity index (χ1v) is 3.98. The maximum absolute atomic E-state index is 11.9. The summed E-state index contributed by atoms with van der Waals surface area (Å²) >= 11 is 0. The van der Waals surface area contributed by atoms with Gasteiger partial charge in [0.2, 0.25) is 5.72 Å². The minimum Gasteiger partial charge on any atom is -0.428 e. The molecular formula is C7H11F3N2O3. The predicted molar refractivity (Wildman–Crippen MR) is 43.4 cm³/mol. The largest absolute Gasteiger partial charge is 0.491 e. The van der Waals surface area contributed by atoms with Crippen molar-refractivity contribution in [3.8, 4) is 0 Å². The molecule has 0 bridgehead atoms. The Hall–Kier alpha value is -1.31. The molecule has 5 nitrogen and oxygen atoms in total. The molecule has 15 heavy (non-hydrogen) atoms. The van der Waals surface area contributed by atoms with E-state index in [9.17, 15) is 22.8 Å². The topological polar surface area (TPSA) is 81.4 Å². The summed E-state index contributed by atoms with van der Waals surface area (Å²) in [5, 5.41) is 2.15. The number of rotatable bonds is 4. The van der Waals surface area contributed by atoms with Gasteiger partial charge < -0.3 is 10.5 Å². The molecule has 0 rings (SSSR count). The van der Waals surface area contributed by atoms with Gasteiger partial charge in [-0.25, -0.2) is 4.79 Å². The zero-order valence-corrected chi connectivity index (χ0v) is 8.14. The second kappa shape index (κ2) is 4.47. The molecule has 1 atom stereocenters. The number of esters is 1. The molecular weight excluding hydrogens is 217 g/mol. The maximum atomic E-state index is 11.9. The second-order valence-electron chi connectivity index (χ2n) is 2.68. The monoisotopic (exact) mass is 228 g/mol. The van der Waals surface area contributed by atoms with Gasteiger partial charge in [0.05, 0.1) is 0 Å². The van der Waals surface area contributed by atoms with Crippen LogP contribution in [0.2, 0.25) is 0 Å². The second-order valence-corrected chi connectivity index (χ2v) is 2.68. The number of amides is 1. The highest BCUT2D eigenvalue weighted by Gasteiger charge is 2.48. The van der Waals surface area contributed by atoms with E-state index in [1.807, 2.05) is 0 Å². The van der Waals surface area contributed by atoms with Gasteiger partial charge in [0.15, 0.2) is 0 Å². The van der Waals surface area contributed by atoms with Gasteiger partial charge in [0.1, 0.15) is 0 Å². The Labute approximate surface area is 83.8 Å². The van der Waals surface area contributed by atoms with E-state index in [0.29, 0.717) is 0 Å². The van der Waals surface area contributed by atoms with Gasteiger partial charge in [0, 0.05) is 6.42 Å². The molecule has 0 aromatic carbocycles. The Morgan fingerprint density at radius 2 is 1.87 bits per heavy atom. The van der Waals surface area contributed by atoms with Crippen LogP contribution >= 0.6 is 0 Å². The normalized spacial score (nSPS) is 15.5. The van der Waals surface area contributed by atoms with E-state index in [4.69, 9.17) is 5.73 Å². The van der Waals surface area contributed by atoms with Crippen LogP contribution in [0.15, 0.2) is 0 Å². The van der Waals surface area contributed by atoms with Crippen LogP contribution in [0.25, 0.3) is 0 Å². The summed E-state index contributed by atoms with van der Waals surface area (Å²) in [7, 11) is 1.16. The zero-order chi connectivity index (χ0) is 12.3. The number of hydrogen-bond acceptors (Lipinski definition) is 4. The standard InChI is InChI=1S/C7H11F3N2O3/c1-3-6(12-2,4(11)13)15-5(14)7(8,9)10/h12H,3H2,1-2H3,(H2,11,13). The van der Waals surface area contributed by atoms with E-state index < -0.39 is 23.8 Å². The fourth-order valence-corrected chi connectivity index (χ4v) is 0.864. The highest BCUT2D eigenvalue weighted by Crippen LogP contribution is 2.21. The maximum Gasteiger partial charge on any atom is 0.491 e. The van der Waals surface area contributed by atoms with Crippen LogP contribution in [0.3, 0.4) is 0 Å². The van der Waals surface area contributed by atoms with E-state index in [-0.39, 0.29) is 6.42 Å². The number of likely N-dealkylation sites (N-methyl/N-ethyl adjacent to an activating group) is 1. The molecule has 88 valence electrons. The molecule has 0 aromatic rings. The van der Waals surface area contributed by atoms with Crippen molar-refractivity contribution in [1.29, 1.82) is 0 Å². The van der Waals surface area contributed by atoms with Gasteiger partial charge in [-0.05, 0) is 7.05 Å². The lowest BCUT2D eigenvalue weighted by Crippen LogP contribution is -2.57. The molecule has 0 aromatic heterocycles. The van der Waals surface area contributed by atoms with Gasteiger partial charge in [-0.3, -0.25) is 10.1 Å². The molecule has 0 saturated carbocycles. The molecule has 0 aliphatic heterocycles. The van der Waals surface area contributed by atoms with Crippen molar-refractivity contribution in [1.82, 2.24) is 5.32 Å². The SMILES string of the molecule is CCC(NC)(OC(=O)C(F)(F)F)C(N)=O. The Balaban J connectivity index is 4.85. The molecule has 0 radical (unpaired) electrons. The summed E-state index contributed by atoms with van der Waals surface area (Å²) in [5.74, 6) is -3.65. The number of carbonyl (C=O) groups is 2. The Bertz CT molecular complexity index is 261. The summed E-state index contributed by atoms with van der Waals surface area (Å²) in [4.78, 5) is 21.4. The lowest BCUT2D eigenvalue weighted by atomic mass is 10.1.